The highest BCUT2D eigenvalue weighted by atomic mass is 31.2. The van der Waals surface area contributed by atoms with Crippen LogP contribution < -0.4 is 5.73 Å². The number of allylic oxidation sites excluding steroid dienone is 12. The molecule has 3 N–H and O–H groups in total. The normalized spacial score (nSPS) is 13.4. The van der Waals surface area contributed by atoms with Gasteiger partial charge in [-0.25, -0.2) is 4.57 Å². The Morgan fingerprint density at radius 3 is 1.05 bits per heavy atom. The smallest absolute Gasteiger partial charge is 0.462 e. The third-order valence-corrected chi connectivity index (χ3v) is 15.6. The molecule has 0 amide bonds. The minimum absolute atomic E-state index is 0.0480. The summed E-state index contributed by atoms with van der Waals surface area (Å²) in [5, 5.41) is 0. The Balaban J connectivity index is 3.82. The maximum atomic E-state index is 12.7. The lowest BCUT2D eigenvalue weighted by Gasteiger charge is -2.19. The largest absolute Gasteiger partial charge is 0.472 e. The van der Waals surface area contributed by atoms with Gasteiger partial charge in [-0.15, -0.1) is 0 Å². The Bertz CT molecular complexity index is 1520. The average Bonchev–Trinajstić information content (AvgIpc) is 3.44. The maximum Gasteiger partial charge on any atom is 0.472 e. The molecule has 0 fully saturated rings. The highest BCUT2D eigenvalue weighted by molar-refractivity contribution is 7.47. The first-order chi connectivity index (χ1) is 38.8. The number of hydrogen-bond acceptors (Lipinski definition) is 8. The molecule has 2 unspecified atom stereocenters. The molecule has 0 saturated heterocycles. The lowest BCUT2D eigenvalue weighted by molar-refractivity contribution is -0.161. The van der Waals surface area contributed by atoms with Crippen LogP contribution in [0.5, 0.6) is 0 Å². The van der Waals surface area contributed by atoms with Crippen LogP contribution in [-0.2, 0) is 32.7 Å². The van der Waals surface area contributed by atoms with E-state index < -0.39 is 26.5 Å². The molecule has 2 atom stereocenters. The van der Waals surface area contributed by atoms with Crippen LogP contribution in [-0.4, -0.2) is 49.3 Å². The van der Waals surface area contributed by atoms with E-state index in [1.165, 1.54) is 205 Å². The fourth-order valence-corrected chi connectivity index (χ4v) is 10.4. The number of esters is 2. The van der Waals surface area contributed by atoms with Crippen molar-refractivity contribution in [2.75, 3.05) is 26.4 Å². The number of phosphoric ester groups is 1. The van der Waals surface area contributed by atoms with Gasteiger partial charge in [-0.3, -0.25) is 18.6 Å². The van der Waals surface area contributed by atoms with Gasteiger partial charge >= 0.3 is 19.8 Å². The van der Waals surface area contributed by atoms with Crippen LogP contribution in [0.1, 0.15) is 322 Å². The van der Waals surface area contributed by atoms with Crippen LogP contribution in [0.3, 0.4) is 0 Å². The van der Waals surface area contributed by atoms with Gasteiger partial charge in [-0.1, -0.05) is 299 Å². The van der Waals surface area contributed by atoms with Crippen molar-refractivity contribution in [3.63, 3.8) is 0 Å². The van der Waals surface area contributed by atoms with Crippen molar-refractivity contribution in [3.8, 4) is 0 Å². The minimum atomic E-state index is -4.40. The van der Waals surface area contributed by atoms with E-state index in [2.05, 4.69) is 86.8 Å². The molecular formula is C69H126NO8P. The summed E-state index contributed by atoms with van der Waals surface area (Å²) in [5.41, 5.74) is 5.39. The van der Waals surface area contributed by atoms with E-state index in [-0.39, 0.29) is 38.6 Å². The van der Waals surface area contributed by atoms with Crippen LogP contribution in [0.25, 0.3) is 0 Å². The zero-order chi connectivity index (χ0) is 57.3. The summed E-state index contributed by atoms with van der Waals surface area (Å²) in [7, 11) is -4.40. The molecule has 79 heavy (non-hydrogen) atoms. The first kappa shape index (κ1) is 76.5. The first-order valence-corrected chi connectivity index (χ1v) is 34.9. The predicted octanol–water partition coefficient (Wildman–Crippen LogP) is 21.6. The van der Waals surface area contributed by atoms with Gasteiger partial charge in [0, 0.05) is 19.4 Å². The second kappa shape index (κ2) is 64.6. The molecule has 0 radical (unpaired) electrons. The fourth-order valence-electron chi connectivity index (χ4n) is 9.66. The number of unbranched alkanes of at least 4 members (excludes halogenated alkanes) is 38. The zero-order valence-corrected chi connectivity index (χ0v) is 52.5. The monoisotopic (exact) mass is 1130 g/mol. The molecular weight excluding hydrogens is 1000 g/mol. The molecule has 0 saturated carbocycles. The molecule has 0 rings (SSSR count). The molecule has 0 aliphatic heterocycles. The predicted molar refractivity (Wildman–Crippen MR) is 339 cm³/mol. The number of hydrogen-bond donors (Lipinski definition) is 2. The summed E-state index contributed by atoms with van der Waals surface area (Å²) < 4.78 is 33.1. The number of carbonyl (C=O) groups is 2. The molecule has 0 spiro atoms. The molecule has 0 aromatic heterocycles. The van der Waals surface area contributed by atoms with Crippen LogP contribution >= 0.6 is 7.82 Å². The van der Waals surface area contributed by atoms with Gasteiger partial charge < -0.3 is 20.1 Å². The average molecular weight is 1130 g/mol. The molecule has 0 bridgehead atoms. The van der Waals surface area contributed by atoms with E-state index in [1.807, 2.05) is 0 Å². The lowest BCUT2D eigenvalue weighted by Crippen LogP contribution is -2.29. The summed E-state index contributed by atoms with van der Waals surface area (Å²) in [5.74, 6) is -0.840. The summed E-state index contributed by atoms with van der Waals surface area (Å²) in [6, 6.07) is 0. The highest BCUT2D eigenvalue weighted by Crippen LogP contribution is 2.43. The number of rotatable bonds is 63. The van der Waals surface area contributed by atoms with Crippen molar-refractivity contribution in [2.45, 2.75) is 328 Å². The molecule has 0 aliphatic rings. The van der Waals surface area contributed by atoms with Gasteiger partial charge in [-0.2, -0.15) is 0 Å². The molecule has 0 aromatic rings. The Kier molecular flexibility index (Phi) is 62.5. The van der Waals surface area contributed by atoms with Crippen LogP contribution in [0.15, 0.2) is 72.9 Å². The number of carbonyl (C=O) groups excluding carboxylic acids is 2. The lowest BCUT2D eigenvalue weighted by atomic mass is 10.0. The second-order valence-electron chi connectivity index (χ2n) is 22.3. The molecule has 460 valence electrons. The van der Waals surface area contributed by atoms with Crippen molar-refractivity contribution < 1.29 is 37.6 Å². The van der Waals surface area contributed by atoms with Gasteiger partial charge in [0.15, 0.2) is 6.10 Å². The Hall–Kier alpha value is -2.55. The second-order valence-corrected chi connectivity index (χ2v) is 23.8. The number of phosphoric acid groups is 1. The van der Waals surface area contributed by atoms with Crippen molar-refractivity contribution in [2.24, 2.45) is 5.73 Å². The van der Waals surface area contributed by atoms with Crippen molar-refractivity contribution >= 4 is 19.8 Å². The summed E-state index contributed by atoms with van der Waals surface area (Å²) in [6.45, 7) is 3.64. The molecule has 0 aromatic carbocycles. The molecule has 10 heteroatoms. The summed E-state index contributed by atoms with van der Waals surface area (Å²) >= 11 is 0. The van der Waals surface area contributed by atoms with E-state index in [9.17, 15) is 19.0 Å². The van der Waals surface area contributed by atoms with Gasteiger partial charge in [0.25, 0.3) is 0 Å². The molecule has 0 heterocycles. The van der Waals surface area contributed by atoms with E-state index >= 15 is 0 Å². The quantitative estimate of drug-likeness (QED) is 0.0264. The summed E-state index contributed by atoms with van der Waals surface area (Å²) in [6.07, 6.45) is 84.3. The molecule has 9 nitrogen and oxygen atoms in total. The van der Waals surface area contributed by atoms with Gasteiger partial charge in [0.05, 0.1) is 13.2 Å². The number of ether oxygens (including phenoxy) is 2. The van der Waals surface area contributed by atoms with Crippen molar-refractivity contribution in [1.29, 1.82) is 0 Å². The van der Waals surface area contributed by atoms with E-state index in [0.717, 1.165) is 83.5 Å². The van der Waals surface area contributed by atoms with Gasteiger partial charge in [0.1, 0.15) is 6.61 Å². The fraction of sp³-hybridized carbons (Fsp3) is 0.797. The minimum Gasteiger partial charge on any atom is -0.462 e. The van der Waals surface area contributed by atoms with Crippen LogP contribution in [0, 0.1) is 0 Å². The Morgan fingerprint density at radius 2 is 0.696 bits per heavy atom. The van der Waals surface area contributed by atoms with E-state index in [4.69, 9.17) is 24.3 Å². The number of nitrogens with two attached hydrogens (primary N) is 1. The van der Waals surface area contributed by atoms with Crippen LogP contribution in [0.2, 0.25) is 0 Å². The van der Waals surface area contributed by atoms with Gasteiger partial charge in [-0.05, 0) is 83.5 Å². The standard InChI is InChI=1S/C69H126NO8P/c1-3-5-7-9-11-13-15-17-19-21-23-25-26-27-28-29-30-31-32-33-34-35-36-37-38-39-40-42-43-45-47-49-51-53-55-57-59-61-68(71)75-65-67(66-77-79(73,74)76-64-63-70)78-69(72)62-60-58-56-54-52-50-48-46-44-41-24-22-20-18-16-14-12-10-8-6-4-2/h6,8,12,14,18,20-21,23-24,41,46,48,67H,3-5,7,9-11,13,15-17,19,22,25-40,42-45,47,49-66,70H2,1-2H3,(H,73,74)/b8-6-,14-12-,20-18-,23-21-,41-24-,48-46-. The third kappa shape index (κ3) is 64.5. The SMILES string of the molecule is CC/C=C\C/C=C\C/C=C\C/C=C\C/C=C\CCCCCCCC(=O)OC(COC(=O)CCCCCCCCCCCCCCCCCCCCCCCCCCC/C=C\CCCCCCCCCC)COP(=O)(O)OCCN. The topological polar surface area (TPSA) is 134 Å². The van der Waals surface area contributed by atoms with Gasteiger partial charge in [0.2, 0.25) is 0 Å². The third-order valence-electron chi connectivity index (χ3n) is 14.6. The maximum absolute atomic E-state index is 12.7. The van der Waals surface area contributed by atoms with E-state index in [1.54, 1.807) is 0 Å². The van der Waals surface area contributed by atoms with Crippen molar-refractivity contribution in [3.05, 3.63) is 72.9 Å². The van der Waals surface area contributed by atoms with Crippen molar-refractivity contribution in [1.82, 2.24) is 0 Å². The molecule has 0 aliphatic carbocycles. The summed E-state index contributed by atoms with van der Waals surface area (Å²) in [4.78, 5) is 35.3. The van der Waals surface area contributed by atoms with E-state index in [0.29, 0.717) is 6.42 Å². The Labute approximate surface area is 488 Å². The Morgan fingerprint density at radius 1 is 0.392 bits per heavy atom. The highest BCUT2D eigenvalue weighted by Gasteiger charge is 2.26. The van der Waals surface area contributed by atoms with Crippen LogP contribution in [0.4, 0.5) is 0 Å². The zero-order valence-electron chi connectivity index (χ0n) is 51.6. The first-order valence-electron chi connectivity index (χ1n) is 33.4.